The molecule has 0 fully saturated rings. The van der Waals surface area contributed by atoms with Gasteiger partial charge in [0.15, 0.2) is 0 Å². The number of amides is 2. The minimum Gasteiger partial charge on any atom is -0.478 e. The average Bonchev–Trinajstić information content (AvgIpc) is 2.90. The molecule has 6 aromatic rings. The molecule has 0 spiro atoms. The Morgan fingerprint density at radius 3 is 1.73 bits per heavy atom. The van der Waals surface area contributed by atoms with Crippen molar-refractivity contribution < 1.29 is 29.4 Å². The standard InChI is InChI=1S/C31H19ClN2O6/c32-15-3-1-2-13(11-15)10-14-12-22(29(34)36)25-19(28(33)35)7-4-17-16-5-8-20(30(37)38)26-21(31(39)40)9-6-18(24(16)26)23(14)27(17)25/h1-9,11-12H,10H2,(H2,33,35)(H2,34,36)(H,37,38)(H,39,40). The van der Waals surface area contributed by atoms with Crippen LogP contribution >= 0.6 is 11.6 Å². The molecule has 0 bridgehead atoms. The summed E-state index contributed by atoms with van der Waals surface area (Å²) in [7, 11) is 0. The maximum absolute atomic E-state index is 12.8. The van der Waals surface area contributed by atoms with Crippen LogP contribution in [0.2, 0.25) is 5.02 Å². The van der Waals surface area contributed by atoms with Gasteiger partial charge in [-0.3, -0.25) is 9.59 Å². The highest BCUT2D eigenvalue weighted by atomic mass is 35.5. The van der Waals surface area contributed by atoms with Gasteiger partial charge in [-0.15, -0.1) is 0 Å². The minimum absolute atomic E-state index is 0.0838. The molecule has 0 saturated carbocycles. The van der Waals surface area contributed by atoms with Crippen LogP contribution in [0.15, 0.2) is 66.7 Å². The van der Waals surface area contributed by atoms with Crippen LogP contribution < -0.4 is 11.5 Å². The molecule has 0 heterocycles. The normalized spacial score (nSPS) is 11.5. The number of carbonyl (C=O) groups is 4. The van der Waals surface area contributed by atoms with Crippen LogP contribution in [0, 0.1) is 0 Å². The number of carbonyl (C=O) groups excluding carboxylic acids is 2. The van der Waals surface area contributed by atoms with Gasteiger partial charge >= 0.3 is 11.9 Å². The zero-order valence-electron chi connectivity index (χ0n) is 20.6. The molecular formula is C31H19ClN2O6. The van der Waals surface area contributed by atoms with Gasteiger partial charge in [0.1, 0.15) is 0 Å². The fraction of sp³-hybridized carbons (Fsp3) is 0.0323. The molecule has 0 aromatic heterocycles. The van der Waals surface area contributed by atoms with E-state index in [0.29, 0.717) is 49.3 Å². The van der Waals surface area contributed by atoms with E-state index < -0.39 is 23.8 Å². The van der Waals surface area contributed by atoms with E-state index >= 15 is 0 Å². The van der Waals surface area contributed by atoms with E-state index in [1.54, 1.807) is 42.5 Å². The Hall–Kier alpha value is -5.21. The van der Waals surface area contributed by atoms with Crippen LogP contribution in [-0.4, -0.2) is 34.0 Å². The molecule has 6 N–H and O–H groups in total. The first-order valence-corrected chi connectivity index (χ1v) is 12.5. The van der Waals surface area contributed by atoms with Gasteiger partial charge in [0.2, 0.25) is 11.8 Å². The Morgan fingerprint density at radius 1 is 0.600 bits per heavy atom. The monoisotopic (exact) mass is 550 g/mol. The zero-order chi connectivity index (χ0) is 28.5. The molecule has 9 heteroatoms. The van der Waals surface area contributed by atoms with Gasteiger partial charge in [-0.1, -0.05) is 41.9 Å². The zero-order valence-corrected chi connectivity index (χ0v) is 21.4. The van der Waals surface area contributed by atoms with Gasteiger partial charge in [0.25, 0.3) is 0 Å². The number of nitrogens with two attached hydrogens (primary N) is 2. The van der Waals surface area contributed by atoms with E-state index in [0.717, 1.165) is 5.56 Å². The lowest BCUT2D eigenvalue weighted by Gasteiger charge is -2.21. The quantitative estimate of drug-likeness (QED) is 0.156. The summed E-state index contributed by atoms with van der Waals surface area (Å²) in [5.74, 6) is -4.04. The molecule has 0 unspecified atom stereocenters. The number of carboxylic acid groups (broad SMARTS) is 2. The first-order chi connectivity index (χ1) is 19.1. The molecular weight excluding hydrogens is 532 g/mol. The summed E-state index contributed by atoms with van der Waals surface area (Å²) in [6.45, 7) is 0. The van der Waals surface area contributed by atoms with Gasteiger partial charge in [-0.25, -0.2) is 9.59 Å². The van der Waals surface area contributed by atoms with Crippen molar-refractivity contribution in [2.75, 3.05) is 0 Å². The predicted octanol–water partition coefficient (Wildman–Crippen LogP) is 5.58. The van der Waals surface area contributed by atoms with E-state index in [1.807, 2.05) is 6.07 Å². The van der Waals surface area contributed by atoms with Gasteiger partial charge in [0, 0.05) is 26.9 Å². The summed E-state index contributed by atoms with van der Waals surface area (Å²) >= 11 is 6.24. The Kier molecular flexibility index (Phi) is 5.60. The predicted molar refractivity (Wildman–Crippen MR) is 153 cm³/mol. The summed E-state index contributed by atoms with van der Waals surface area (Å²) in [5.41, 5.74) is 12.9. The van der Waals surface area contributed by atoms with E-state index in [2.05, 4.69) is 0 Å². The molecule has 0 radical (unpaired) electrons. The van der Waals surface area contributed by atoms with Crippen molar-refractivity contribution in [1.82, 2.24) is 0 Å². The van der Waals surface area contributed by atoms with Gasteiger partial charge in [-0.05, 0) is 86.3 Å². The van der Waals surface area contributed by atoms with Crippen LogP contribution in [0.4, 0.5) is 0 Å². The minimum atomic E-state index is -1.27. The Labute approximate surface area is 230 Å². The van der Waals surface area contributed by atoms with Gasteiger partial charge in [-0.2, -0.15) is 0 Å². The number of aromatic carboxylic acids is 2. The van der Waals surface area contributed by atoms with Crippen molar-refractivity contribution in [2.24, 2.45) is 11.5 Å². The SMILES string of the molecule is NC(=O)c1ccc2c3ccc(C(=O)O)c4c(C(=O)O)ccc(c5c(Cc6cccc(Cl)c6)cc(C(N)=O)c1c25)c43. The molecule has 0 aliphatic heterocycles. The maximum atomic E-state index is 12.8. The molecule has 6 rings (SSSR count). The average molecular weight is 551 g/mol. The van der Waals surface area contributed by atoms with E-state index in [-0.39, 0.29) is 33.0 Å². The van der Waals surface area contributed by atoms with Gasteiger partial charge < -0.3 is 21.7 Å². The summed E-state index contributed by atoms with van der Waals surface area (Å²) < 4.78 is 0. The molecule has 6 aromatic carbocycles. The third-order valence-electron chi connectivity index (χ3n) is 7.36. The number of rotatable bonds is 6. The van der Waals surface area contributed by atoms with Crippen LogP contribution in [0.3, 0.4) is 0 Å². The summed E-state index contributed by atoms with van der Waals surface area (Å²) in [4.78, 5) is 49.8. The first kappa shape index (κ1) is 25.1. The van der Waals surface area contributed by atoms with Crippen molar-refractivity contribution in [3.63, 3.8) is 0 Å². The summed E-state index contributed by atoms with van der Waals surface area (Å²) in [5, 5.41) is 24.1. The van der Waals surface area contributed by atoms with Crippen LogP contribution in [0.25, 0.3) is 43.1 Å². The van der Waals surface area contributed by atoms with Gasteiger partial charge in [0.05, 0.1) is 11.1 Å². The summed E-state index contributed by atoms with van der Waals surface area (Å²) in [6.07, 6.45) is 0.308. The summed E-state index contributed by atoms with van der Waals surface area (Å²) in [6, 6.07) is 17.9. The fourth-order valence-corrected chi connectivity index (χ4v) is 6.06. The molecule has 0 aliphatic carbocycles. The van der Waals surface area contributed by atoms with Crippen LogP contribution in [-0.2, 0) is 6.42 Å². The third-order valence-corrected chi connectivity index (χ3v) is 7.59. The topological polar surface area (TPSA) is 161 Å². The number of benzene rings is 6. The van der Waals surface area contributed by atoms with Crippen LogP contribution in [0.1, 0.15) is 52.6 Å². The van der Waals surface area contributed by atoms with Crippen molar-refractivity contribution in [2.45, 2.75) is 6.42 Å². The molecule has 196 valence electrons. The first-order valence-electron chi connectivity index (χ1n) is 12.1. The van der Waals surface area contributed by atoms with Crippen molar-refractivity contribution >= 4 is 78.4 Å². The van der Waals surface area contributed by atoms with Crippen molar-refractivity contribution in [3.8, 4) is 0 Å². The Balaban J connectivity index is 1.93. The third kappa shape index (κ3) is 3.61. The Morgan fingerprint density at radius 2 is 1.15 bits per heavy atom. The number of fused-ring (bicyclic) bond motifs is 2. The van der Waals surface area contributed by atoms with E-state index in [9.17, 15) is 29.4 Å². The number of carboxylic acids is 2. The molecule has 8 nitrogen and oxygen atoms in total. The van der Waals surface area contributed by atoms with Crippen molar-refractivity contribution in [3.05, 3.63) is 105 Å². The molecule has 0 atom stereocenters. The second-order valence-corrected chi connectivity index (χ2v) is 10.0. The smallest absolute Gasteiger partial charge is 0.336 e. The highest BCUT2D eigenvalue weighted by Gasteiger charge is 2.26. The lowest BCUT2D eigenvalue weighted by atomic mass is 9.81. The fourth-order valence-electron chi connectivity index (χ4n) is 5.84. The molecule has 0 saturated heterocycles. The van der Waals surface area contributed by atoms with E-state index in [1.165, 1.54) is 18.2 Å². The van der Waals surface area contributed by atoms with Crippen molar-refractivity contribution in [1.29, 1.82) is 0 Å². The molecule has 0 aliphatic rings. The highest BCUT2D eigenvalue weighted by Crippen LogP contribution is 2.45. The second kappa shape index (κ2) is 8.93. The lowest BCUT2D eigenvalue weighted by molar-refractivity contribution is 0.0695. The number of hydrogen-bond donors (Lipinski definition) is 4. The lowest BCUT2D eigenvalue weighted by Crippen LogP contribution is -2.17. The number of halogens is 1. The second-order valence-electron chi connectivity index (χ2n) is 9.59. The molecule has 2 amide bonds. The van der Waals surface area contributed by atoms with Crippen LogP contribution in [0.5, 0.6) is 0 Å². The number of primary amides is 2. The number of hydrogen-bond acceptors (Lipinski definition) is 4. The highest BCUT2D eigenvalue weighted by molar-refractivity contribution is 6.39. The Bertz CT molecular complexity index is 2100. The maximum Gasteiger partial charge on any atom is 0.336 e. The largest absolute Gasteiger partial charge is 0.478 e. The molecule has 40 heavy (non-hydrogen) atoms. The van der Waals surface area contributed by atoms with E-state index in [4.69, 9.17) is 23.1 Å².